The van der Waals surface area contributed by atoms with E-state index in [1.807, 2.05) is 54.6 Å². The van der Waals surface area contributed by atoms with Crippen LogP contribution in [0.1, 0.15) is 41.9 Å². The number of cyclic esters (lactones) is 1. The molecule has 0 spiro atoms. The van der Waals surface area contributed by atoms with Crippen molar-refractivity contribution in [2.75, 3.05) is 13.2 Å². The Balaban J connectivity index is 1.26. The van der Waals surface area contributed by atoms with Gasteiger partial charge in [0.25, 0.3) is 0 Å². The maximum atomic E-state index is 13.1. The summed E-state index contributed by atoms with van der Waals surface area (Å²) in [6, 6.07) is 25.8. The predicted octanol–water partition coefficient (Wildman–Crippen LogP) is 6.16. The van der Waals surface area contributed by atoms with Crippen molar-refractivity contribution in [1.82, 2.24) is 5.32 Å². The highest BCUT2D eigenvalue weighted by molar-refractivity contribution is 5.79. The quantitative estimate of drug-likeness (QED) is 0.116. The van der Waals surface area contributed by atoms with Crippen LogP contribution in [0.15, 0.2) is 84.0 Å². The van der Waals surface area contributed by atoms with Crippen molar-refractivity contribution in [3.63, 3.8) is 0 Å². The lowest BCUT2D eigenvalue weighted by atomic mass is 9.93. The summed E-state index contributed by atoms with van der Waals surface area (Å²) in [5.41, 5.74) is 14.1. The van der Waals surface area contributed by atoms with Gasteiger partial charge in [0, 0.05) is 17.4 Å². The third-order valence-corrected chi connectivity index (χ3v) is 7.39. The Morgan fingerprint density at radius 3 is 2.37 bits per heavy atom. The minimum atomic E-state index is -0.532. The van der Waals surface area contributed by atoms with Crippen LogP contribution >= 0.6 is 0 Å². The highest BCUT2D eigenvalue weighted by atomic mass is 16.6. The molecule has 1 aliphatic carbocycles. The van der Waals surface area contributed by atoms with Gasteiger partial charge in [0.15, 0.2) is 0 Å². The van der Waals surface area contributed by atoms with Crippen LogP contribution in [0.5, 0.6) is 0 Å². The summed E-state index contributed by atoms with van der Waals surface area (Å²) >= 11 is 0. The van der Waals surface area contributed by atoms with Crippen LogP contribution in [-0.4, -0.2) is 37.4 Å². The minimum absolute atomic E-state index is 0.0366. The molecule has 38 heavy (non-hydrogen) atoms. The van der Waals surface area contributed by atoms with Crippen molar-refractivity contribution in [3.05, 3.63) is 106 Å². The Bertz CT molecular complexity index is 1290. The number of alkyl carbamates (subject to hydrolysis) is 1. The second-order valence-corrected chi connectivity index (χ2v) is 9.77. The van der Waals surface area contributed by atoms with E-state index in [2.05, 4.69) is 39.6 Å². The van der Waals surface area contributed by atoms with E-state index in [-0.39, 0.29) is 24.4 Å². The maximum Gasteiger partial charge on any atom is 0.407 e. The monoisotopic (exact) mass is 510 g/mol. The molecule has 0 radical (unpaired) electrons. The summed E-state index contributed by atoms with van der Waals surface area (Å²) < 4.78 is 11.5. The molecule has 1 heterocycles. The van der Waals surface area contributed by atoms with Crippen LogP contribution in [0, 0.1) is 5.92 Å². The van der Waals surface area contributed by atoms with Gasteiger partial charge >= 0.3 is 12.1 Å². The molecular formula is C30H30N4O4. The van der Waals surface area contributed by atoms with Crippen molar-refractivity contribution >= 4 is 12.1 Å². The standard InChI is InChI=1S/C30H30N4O4/c31-34-32-16-8-11-21-18-28(38-29(21)35)27(17-20-9-2-1-3-10-20)33-30(36)37-19-26-24-14-6-4-12-22(24)23-13-5-7-15-25(23)26/h1-7,9-10,12-15,21,26-28H,8,11,16-19H2,(H,33,36)/t21-,27+,28+/m1/s1. The molecule has 1 amide bonds. The van der Waals surface area contributed by atoms with Gasteiger partial charge in [-0.1, -0.05) is 84.0 Å². The molecule has 1 N–H and O–H groups in total. The van der Waals surface area contributed by atoms with Crippen molar-refractivity contribution in [1.29, 1.82) is 0 Å². The van der Waals surface area contributed by atoms with Crippen LogP contribution in [-0.2, 0) is 20.7 Å². The molecule has 0 unspecified atom stereocenters. The Kier molecular flexibility index (Phi) is 7.90. The molecule has 1 saturated heterocycles. The number of carbonyl (C=O) groups excluding carboxylic acids is 2. The zero-order chi connectivity index (χ0) is 26.3. The summed E-state index contributed by atoms with van der Waals surface area (Å²) in [5.74, 6) is -0.592. The molecule has 1 fully saturated rings. The Hall–Kier alpha value is -4.29. The van der Waals surface area contributed by atoms with Gasteiger partial charge in [-0.2, -0.15) is 0 Å². The number of esters is 1. The Morgan fingerprint density at radius 1 is 1.03 bits per heavy atom. The zero-order valence-electron chi connectivity index (χ0n) is 21.0. The highest BCUT2D eigenvalue weighted by Crippen LogP contribution is 2.44. The molecule has 194 valence electrons. The van der Waals surface area contributed by atoms with E-state index >= 15 is 0 Å². The van der Waals surface area contributed by atoms with E-state index < -0.39 is 18.2 Å². The lowest BCUT2D eigenvalue weighted by molar-refractivity contribution is -0.145. The van der Waals surface area contributed by atoms with Crippen molar-refractivity contribution in [2.45, 2.75) is 43.7 Å². The van der Waals surface area contributed by atoms with Gasteiger partial charge in [-0.15, -0.1) is 0 Å². The average molecular weight is 511 g/mol. The molecule has 3 aromatic carbocycles. The molecule has 8 nitrogen and oxygen atoms in total. The SMILES string of the molecule is [N-]=[N+]=NCCC[C@@H]1C[C@@H]([C@H](Cc2ccccc2)NC(=O)OCC2c3ccccc3-c3ccccc32)OC1=O. The first kappa shape index (κ1) is 25.4. The first-order chi connectivity index (χ1) is 18.6. The van der Waals surface area contributed by atoms with E-state index in [1.165, 1.54) is 11.1 Å². The molecule has 0 saturated carbocycles. The number of nitrogens with zero attached hydrogens (tertiary/aromatic N) is 3. The van der Waals surface area contributed by atoms with Crippen LogP contribution in [0.2, 0.25) is 0 Å². The number of hydrogen-bond acceptors (Lipinski definition) is 5. The fraction of sp³-hybridized carbons (Fsp3) is 0.333. The van der Waals surface area contributed by atoms with Gasteiger partial charge in [0.2, 0.25) is 0 Å². The fourth-order valence-corrected chi connectivity index (χ4v) is 5.54. The number of nitrogens with one attached hydrogen (secondary N) is 1. The summed E-state index contributed by atoms with van der Waals surface area (Å²) in [5, 5.41) is 6.54. The van der Waals surface area contributed by atoms with Crippen molar-refractivity contribution < 1.29 is 19.1 Å². The molecule has 2 aliphatic rings. The van der Waals surface area contributed by atoms with Crippen molar-refractivity contribution in [3.8, 4) is 11.1 Å². The third kappa shape index (κ3) is 5.66. The number of benzene rings is 3. The second-order valence-electron chi connectivity index (χ2n) is 9.77. The first-order valence-electron chi connectivity index (χ1n) is 13.0. The molecular weight excluding hydrogens is 480 g/mol. The Labute approximate surface area is 221 Å². The summed E-state index contributed by atoms with van der Waals surface area (Å²) in [7, 11) is 0. The van der Waals surface area contributed by atoms with Crippen LogP contribution in [0.3, 0.4) is 0 Å². The maximum absolute atomic E-state index is 13.1. The fourth-order valence-electron chi connectivity index (χ4n) is 5.54. The third-order valence-electron chi connectivity index (χ3n) is 7.39. The number of fused-ring (bicyclic) bond motifs is 3. The number of hydrogen-bond donors (Lipinski definition) is 1. The number of rotatable bonds is 10. The van der Waals surface area contributed by atoms with Crippen LogP contribution in [0.4, 0.5) is 4.79 Å². The van der Waals surface area contributed by atoms with E-state index in [4.69, 9.17) is 15.0 Å². The topological polar surface area (TPSA) is 113 Å². The number of amides is 1. The predicted molar refractivity (Wildman–Crippen MR) is 143 cm³/mol. The average Bonchev–Trinajstić information content (AvgIpc) is 3.47. The first-order valence-corrected chi connectivity index (χ1v) is 13.0. The lowest BCUT2D eigenvalue weighted by Gasteiger charge is -2.24. The van der Waals surface area contributed by atoms with Gasteiger partial charge < -0.3 is 14.8 Å². The molecule has 3 atom stereocenters. The van der Waals surface area contributed by atoms with E-state index in [0.717, 1.165) is 16.7 Å². The van der Waals surface area contributed by atoms with E-state index in [9.17, 15) is 9.59 Å². The van der Waals surface area contributed by atoms with Gasteiger partial charge in [-0.3, -0.25) is 4.79 Å². The van der Waals surface area contributed by atoms with Gasteiger partial charge in [-0.05, 0) is 59.0 Å². The minimum Gasteiger partial charge on any atom is -0.460 e. The number of azide groups is 1. The molecule has 0 aromatic heterocycles. The summed E-state index contributed by atoms with van der Waals surface area (Å²) in [4.78, 5) is 28.4. The molecule has 8 heteroatoms. The Morgan fingerprint density at radius 2 is 1.68 bits per heavy atom. The molecule has 3 aromatic rings. The molecule has 0 bridgehead atoms. The van der Waals surface area contributed by atoms with Gasteiger partial charge in [-0.25, -0.2) is 4.79 Å². The van der Waals surface area contributed by atoms with Gasteiger partial charge in [0.05, 0.1) is 12.0 Å². The van der Waals surface area contributed by atoms with Crippen LogP contribution in [0.25, 0.3) is 21.6 Å². The van der Waals surface area contributed by atoms with E-state index in [1.54, 1.807) is 0 Å². The molecule has 1 aliphatic heterocycles. The number of carbonyl (C=O) groups is 2. The largest absolute Gasteiger partial charge is 0.460 e. The lowest BCUT2D eigenvalue weighted by Crippen LogP contribution is -2.45. The molecule has 5 rings (SSSR count). The van der Waals surface area contributed by atoms with Gasteiger partial charge in [0.1, 0.15) is 12.7 Å². The summed E-state index contributed by atoms with van der Waals surface area (Å²) in [6.45, 7) is 0.556. The zero-order valence-corrected chi connectivity index (χ0v) is 21.0. The second kappa shape index (κ2) is 11.8. The van der Waals surface area contributed by atoms with E-state index in [0.29, 0.717) is 32.2 Å². The normalized spacial score (nSPS) is 18.6. The summed E-state index contributed by atoms with van der Waals surface area (Å²) in [6.07, 6.45) is 1.20. The highest BCUT2D eigenvalue weighted by Gasteiger charge is 2.39. The number of ether oxygens (including phenoxy) is 2. The van der Waals surface area contributed by atoms with Crippen molar-refractivity contribution in [2.24, 2.45) is 11.0 Å². The van der Waals surface area contributed by atoms with Crippen LogP contribution < -0.4 is 5.32 Å². The smallest absolute Gasteiger partial charge is 0.407 e.